The lowest BCUT2D eigenvalue weighted by Crippen LogP contribution is -2.35. The van der Waals surface area contributed by atoms with Gasteiger partial charge in [0.2, 0.25) is 0 Å². The van der Waals surface area contributed by atoms with Crippen LogP contribution in [0, 0.1) is 0 Å². The SMILES string of the molecule is O=C(N[C@H]1CCOC1)c1oc2ccccc2c1CSc1cccs1. The van der Waals surface area contributed by atoms with E-state index in [1.165, 1.54) is 4.21 Å². The Labute approximate surface area is 148 Å². The highest BCUT2D eigenvalue weighted by molar-refractivity contribution is 8.00. The second kappa shape index (κ2) is 7.01. The summed E-state index contributed by atoms with van der Waals surface area (Å²) in [5.74, 6) is 0.984. The molecule has 1 aliphatic rings. The van der Waals surface area contributed by atoms with Gasteiger partial charge in [-0.2, -0.15) is 0 Å². The number of carbonyl (C=O) groups is 1. The number of amides is 1. The molecule has 4 rings (SSSR count). The maximum Gasteiger partial charge on any atom is 0.287 e. The average molecular weight is 359 g/mol. The van der Waals surface area contributed by atoms with E-state index in [0.717, 1.165) is 23.0 Å². The molecule has 2 aromatic heterocycles. The van der Waals surface area contributed by atoms with Crippen molar-refractivity contribution in [1.29, 1.82) is 0 Å². The molecule has 0 aliphatic carbocycles. The van der Waals surface area contributed by atoms with Crippen molar-refractivity contribution in [1.82, 2.24) is 5.32 Å². The van der Waals surface area contributed by atoms with Crippen molar-refractivity contribution in [2.75, 3.05) is 13.2 Å². The molecular weight excluding hydrogens is 342 g/mol. The fraction of sp³-hybridized carbons (Fsp3) is 0.278. The molecule has 124 valence electrons. The van der Waals surface area contributed by atoms with Crippen molar-refractivity contribution in [3.63, 3.8) is 0 Å². The van der Waals surface area contributed by atoms with Gasteiger partial charge in [0.15, 0.2) is 5.76 Å². The Morgan fingerprint density at radius 1 is 1.29 bits per heavy atom. The van der Waals surface area contributed by atoms with Crippen LogP contribution in [0.2, 0.25) is 0 Å². The number of rotatable bonds is 5. The largest absolute Gasteiger partial charge is 0.451 e. The van der Waals surface area contributed by atoms with Gasteiger partial charge < -0.3 is 14.5 Å². The highest BCUT2D eigenvalue weighted by Gasteiger charge is 2.24. The van der Waals surface area contributed by atoms with Crippen molar-refractivity contribution in [3.8, 4) is 0 Å². The number of hydrogen-bond donors (Lipinski definition) is 1. The topological polar surface area (TPSA) is 51.5 Å². The summed E-state index contributed by atoms with van der Waals surface area (Å²) in [6.45, 7) is 1.28. The van der Waals surface area contributed by atoms with Gasteiger partial charge in [0.05, 0.1) is 16.9 Å². The Hall–Kier alpha value is -1.76. The Morgan fingerprint density at radius 2 is 2.21 bits per heavy atom. The molecule has 0 unspecified atom stereocenters. The summed E-state index contributed by atoms with van der Waals surface area (Å²) in [6.07, 6.45) is 0.852. The van der Waals surface area contributed by atoms with Gasteiger partial charge in [0, 0.05) is 23.3 Å². The van der Waals surface area contributed by atoms with Crippen LogP contribution < -0.4 is 5.32 Å². The van der Waals surface area contributed by atoms with E-state index in [4.69, 9.17) is 9.15 Å². The second-order valence-corrected chi connectivity index (χ2v) is 7.88. The van der Waals surface area contributed by atoms with Gasteiger partial charge in [-0.3, -0.25) is 4.79 Å². The first-order chi connectivity index (χ1) is 11.8. The number of benzene rings is 1. The van der Waals surface area contributed by atoms with Crippen molar-refractivity contribution >= 4 is 40.0 Å². The van der Waals surface area contributed by atoms with E-state index in [2.05, 4.69) is 16.8 Å². The molecule has 0 radical (unpaired) electrons. The Balaban J connectivity index is 1.62. The normalized spacial score (nSPS) is 17.4. The van der Waals surface area contributed by atoms with Crippen LogP contribution in [0.15, 0.2) is 50.4 Å². The Kier molecular flexibility index (Phi) is 4.60. The molecule has 1 aromatic carbocycles. The van der Waals surface area contributed by atoms with E-state index in [9.17, 15) is 4.79 Å². The minimum absolute atomic E-state index is 0.0727. The first-order valence-corrected chi connectivity index (χ1v) is 9.73. The molecule has 0 saturated carbocycles. The number of para-hydroxylation sites is 1. The number of thiophene rings is 1. The molecule has 3 aromatic rings. The molecule has 0 bridgehead atoms. The fourth-order valence-corrected chi connectivity index (χ4v) is 4.63. The van der Waals surface area contributed by atoms with E-state index < -0.39 is 0 Å². The van der Waals surface area contributed by atoms with Crippen molar-refractivity contribution in [3.05, 3.63) is 53.1 Å². The third-order valence-electron chi connectivity index (χ3n) is 4.02. The van der Waals surface area contributed by atoms with Crippen LogP contribution in [0.25, 0.3) is 11.0 Å². The molecule has 24 heavy (non-hydrogen) atoms. The van der Waals surface area contributed by atoms with Crippen molar-refractivity contribution < 1.29 is 13.9 Å². The van der Waals surface area contributed by atoms with Gasteiger partial charge >= 0.3 is 0 Å². The third-order valence-corrected chi connectivity index (χ3v) is 6.18. The Bertz CT molecular complexity index is 835. The minimum atomic E-state index is -0.150. The standard InChI is InChI=1S/C18H17NO3S2/c20-18(19-12-7-8-21-10-12)17-14(11-24-16-6-3-9-23-16)13-4-1-2-5-15(13)22-17/h1-6,9,12H,7-8,10-11H2,(H,19,20)/t12-/m0/s1. The van der Waals surface area contributed by atoms with Gasteiger partial charge in [-0.25, -0.2) is 0 Å². The number of thioether (sulfide) groups is 1. The quantitative estimate of drug-likeness (QED) is 0.690. The highest BCUT2D eigenvalue weighted by atomic mass is 32.2. The number of hydrogen-bond acceptors (Lipinski definition) is 5. The van der Waals surface area contributed by atoms with Gasteiger partial charge in [0.25, 0.3) is 5.91 Å². The second-order valence-electron chi connectivity index (χ2n) is 5.66. The van der Waals surface area contributed by atoms with E-state index in [1.54, 1.807) is 23.1 Å². The monoisotopic (exact) mass is 359 g/mol. The molecule has 3 heterocycles. The number of carbonyl (C=O) groups excluding carboxylic acids is 1. The highest BCUT2D eigenvalue weighted by Crippen LogP contribution is 2.33. The minimum Gasteiger partial charge on any atom is -0.451 e. The molecule has 1 atom stereocenters. The Morgan fingerprint density at radius 3 is 3.00 bits per heavy atom. The smallest absolute Gasteiger partial charge is 0.287 e. The molecule has 4 nitrogen and oxygen atoms in total. The van der Waals surface area contributed by atoms with Crippen LogP contribution in [0.3, 0.4) is 0 Å². The van der Waals surface area contributed by atoms with Crippen LogP contribution in [-0.4, -0.2) is 25.2 Å². The number of furan rings is 1. The number of nitrogens with one attached hydrogen (secondary N) is 1. The summed E-state index contributed by atoms with van der Waals surface area (Å²) < 4.78 is 12.4. The van der Waals surface area contributed by atoms with Crippen LogP contribution in [0.1, 0.15) is 22.5 Å². The van der Waals surface area contributed by atoms with Gasteiger partial charge in [-0.05, 0) is 23.9 Å². The lowest BCUT2D eigenvalue weighted by Gasteiger charge is -2.10. The van der Waals surface area contributed by atoms with Gasteiger partial charge in [-0.15, -0.1) is 23.1 Å². The first-order valence-electron chi connectivity index (χ1n) is 7.86. The lowest BCUT2D eigenvalue weighted by molar-refractivity contribution is 0.0903. The summed E-state index contributed by atoms with van der Waals surface area (Å²) >= 11 is 3.43. The average Bonchev–Trinajstić information content (AvgIpc) is 3.33. The summed E-state index contributed by atoms with van der Waals surface area (Å²) in [6, 6.07) is 12.0. The zero-order valence-electron chi connectivity index (χ0n) is 13.0. The third kappa shape index (κ3) is 3.22. The molecule has 1 aliphatic heterocycles. The predicted molar refractivity (Wildman–Crippen MR) is 96.8 cm³/mol. The summed E-state index contributed by atoms with van der Waals surface area (Å²) in [5, 5.41) is 6.09. The first kappa shape index (κ1) is 15.7. The molecule has 0 spiro atoms. The van der Waals surface area contributed by atoms with Crippen LogP contribution in [0.4, 0.5) is 0 Å². The lowest BCUT2D eigenvalue weighted by atomic mass is 10.1. The zero-order valence-corrected chi connectivity index (χ0v) is 14.6. The van der Waals surface area contributed by atoms with Gasteiger partial charge in [-0.1, -0.05) is 24.3 Å². The fourth-order valence-electron chi connectivity index (χ4n) is 2.81. The molecule has 1 N–H and O–H groups in total. The number of fused-ring (bicyclic) bond motifs is 1. The molecule has 6 heteroatoms. The maximum atomic E-state index is 12.7. The van der Waals surface area contributed by atoms with E-state index in [1.807, 2.05) is 30.3 Å². The summed E-state index contributed by atoms with van der Waals surface area (Å²) in [5.41, 5.74) is 1.72. The van der Waals surface area contributed by atoms with E-state index in [0.29, 0.717) is 24.7 Å². The van der Waals surface area contributed by atoms with Crippen LogP contribution >= 0.6 is 23.1 Å². The maximum absolute atomic E-state index is 12.7. The predicted octanol–water partition coefficient (Wildman–Crippen LogP) is 4.31. The molecule has 1 fully saturated rings. The van der Waals surface area contributed by atoms with Crippen LogP contribution in [-0.2, 0) is 10.5 Å². The molecule has 1 amide bonds. The van der Waals surface area contributed by atoms with Crippen molar-refractivity contribution in [2.45, 2.75) is 22.4 Å². The summed E-state index contributed by atoms with van der Waals surface area (Å²) in [4.78, 5) is 12.7. The van der Waals surface area contributed by atoms with E-state index >= 15 is 0 Å². The van der Waals surface area contributed by atoms with Gasteiger partial charge in [0.1, 0.15) is 5.58 Å². The van der Waals surface area contributed by atoms with E-state index in [-0.39, 0.29) is 11.9 Å². The zero-order chi connectivity index (χ0) is 16.4. The summed E-state index contributed by atoms with van der Waals surface area (Å²) in [7, 11) is 0. The van der Waals surface area contributed by atoms with Crippen molar-refractivity contribution in [2.24, 2.45) is 0 Å². The molecular formula is C18H17NO3S2. The molecule has 1 saturated heterocycles. The van der Waals surface area contributed by atoms with Crippen LogP contribution in [0.5, 0.6) is 0 Å². The number of ether oxygens (including phenoxy) is 1.